The summed E-state index contributed by atoms with van der Waals surface area (Å²) < 4.78 is 0. The molecule has 0 aliphatic heterocycles. The van der Waals surface area contributed by atoms with Crippen LogP contribution in [0, 0.1) is 0 Å². The molecule has 0 N–H and O–H groups in total. The number of hydrogen-bond donors (Lipinski definition) is 0. The van der Waals surface area contributed by atoms with Crippen LogP contribution in [0.15, 0.2) is 11.6 Å². The zero-order valence-electron chi connectivity index (χ0n) is 9.72. The molecule has 0 aliphatic rings. The highest BCUT2D eigenvalue weighted by Gasteiger charge is 1.94. The van der Waals surface area contributed by atoms with Crippen molar-refractivity contribution in [2.45, 2.75) is 65.2 Å². The Morgan fingerprint density at radius 2 is 1.57 bits per heavy atom. The fraction of sp³-hybridized carbons (Fsp3) is 0.769. The summed E-state index contributed by atoms with van der Waals surface area (Å²) in [4.78, 5) is 10.5. The van der Waals surface area contributed by atoms with Gasteiger partial charge >= 0.3 is 0 Å². The smallest absolute Gasteiger partial charge is 0.145 e. The van der Waals surface area contributed by atoms with E-state index >= 15 is 0 Å². The van der Waals surface area contributed by atoms with Crippen LogP contribution < -0.4 is 0 Å². The van der Waals surface area contributed by atoms with Crippen LogP contribution in [-0.4, -0.2) is 6.29 Å². The second-order valence-corrected chi connectivity index (χ2v) is 3.85. The Hall–Kier alpha value is -0.590. The van der Waals surface area contributed by atoms with Crippen LogP contribution in [0.3, 0.4) is 0 Å². The first kappa shape index (κ1) is 13.4. The maximum atomic E-state index is 10.5. The van der Waals surface area contributed by atoms with Crippen molar-refractivity contribution in [2.24, 2.45) is 0 Å². The molecule has 14 heavy (non-hydrogen) atoms. The molecule has 0 fully saturated rings. The third kappa shape index (κ3) is 8.03. The van der Waals surface area contributed by atoms with Crippen molar-refractivity contribution < 1.29 is 4.79 Å². The second kappa shape index (κ2) is 10.5. The van der Waals surface area contributed by atoms with E-state index in [0.29, 0.717) is 0 Å². The molecule has 0 radical (unpaired) electrons. The quantitative estimate of drug-likeness (QED) is 0.306. The molecule has 1 nitrogen and oxygen atoms in total. The van der Waals surface area contributed by atoms with Crippen LogP contribution in [-0.2, 0) is 4.79 Å². The predicted octanol–water partition coefficient (Wildman–Crippen LogP) is 4.27. The Kier molecular flexibility index (Phi) is 10.0. The summed E-state index contributed by atoms with van der Waals surface area (Å²) in [5.74, 6) is 0. The van der Waals surface area contributed by atoms with Gasteiger partial charge in [-0.1, -0.05) is 51.5 Å². The lowest BCUT2D eigenvalue weighted by molar-refractivity contribution is -0.105. The summed E-state index contributed by atoms with van der Waals surface area (Å²) in [5, 5.41) is 0. The largest absolute Gasteiger partial charge is 0.298 e. The fourth-order valence-corrected chi connectivity index (χ4v) is 1.56. The molecule has 0 spiro atoms. The van der Waals surface area contributed by atoms with E-state index in [4.69, 9.17) is 0 Å². The van der Waals surface area contributed by atoms with Gasteiger partial charge in [-0.05, 0) is 25.3 Å². The maximum absolute atomic E-state index is 10.5. The number of aldehydes is 1. The minimum Gasteiger partial charge on any atom is -0.298 e. The molecule has 0 rings (SSSR count). The van der Waals surface area contributed by atoms with Crippen molar-refractivity contribution in [1.29, 1.82) is 0 Å². The van der Waals surface area contributed by atoms with Crippen LogP contribution in [0.4, 0.5) is 0 Å². The van der Waals surface area contributed by atoms with Crippen molar-refractivity contribution >= 4 is 6.29 Å². The van der Waals surface area contributed by atoms with Crippen molar-refractivity contribution in [1.82, 2.24) is 0 Å². The van der Waals surface area contributed by atoms with Gasteiger partial charge < -0.3 is 0 Å². The lowest BCUT2D eigenvalue weighted by Gasteiger charge is -2.00. The Morgan fingerprint density at radius 3 is 2.07 bits per heavy atom. The molecule has 82 valence electrons. The summed E-state index contributed by atoms with van der Waals surface area (Å²) >= 11 is 0. The minimum absolute atomic E-state index is 0.957. The van der Waals surface area contributed by atoms with Gasteiger partial charge in [-0.2, -0.15) is 0 Å². The van der Waals surface area contributed by atoms with Crippen LogP contribution in [0.5, 0.6) is 0 Å². The monoisotopic (exact) mass is 196 g/mol. The molecular weight excluding hydrogens is 172 g/mol. The van der Waals surface area contributed by atoms with E-state index in [9.17, 15) is 4.79 Å². The summed E-state index contributed by atoms with van der Waals surface area (Å²) in [6.45, 7) is 4.17. The summed E-state index contributed by atoms with van der Waals surface area (Å²) in [7, 11) is 0. The van der Waals surface area contributed by atoms with Crippen LogP contribution in [0.2, 0.25) is 0 Å². The zero-order chi connectivity index (χ0) is 10.6. The van der Waals surface area contributed by atoms with E-state index in [0.717, 1.165) is 18.3 Å². The maximum Gasteiger partial charge on any atom is 0.145 e. The highest BCUT2D eigenvalue weighted by Crippen LogP contribution is 2.11. The first-order valence-corrected chi connectivity index (χ1v) is 5.95. The molecule has 0 aliphatic carbocycles. The van der Waals surface area contributed by atoms with Gasteiger partial charge in [-0.25, -0.2) is 0 Å². The van der Waals surface area contributed by atoms with Gasteiger partial charge in [0.2, 0.25) is 0 Å². The van der Waals surface area contributed by atoms with Gasteiger partial charge in [0.1, 0.15) is 6.29 Å². The third-order valence-corrected chi connectivity index (χ3v) is 2.59. The number of carbonyl (C=O) groups excluding carboxylic acids is 1. The lowest BCUT2D eigenvalue weighted by atomic mass is 10.1. The van der Waals surface area contributed by atoms with E-state index in [1.54, 1.807) is 0 Å². The molecule has 0 saturated carbocycles. The Morgan fingerprint density at radius 1 is 1.00 bits per heavy atom. The van der Waals surface area contributed by atoms with Gasteiger partial charge in [0.25, 0.3) is 0 Å². The summed E-state index contributed by atoms with van der Waals surface area (Å²) in [6, 6.07) is 0. The lowest BCUT2D eigenvalue weighted by Crippen LogP contribution is -1.85. The van der Waals surface area contributed by atoms with Crippen molar-refractivity contribution in [2.75, 3.05) is 0 Å². The molecule has 0 aromatic rings. The zero-order valence-corrected chi connectivity index (χ0v) is 9.72. The first-order valence-electron chi connectivity index (χ1n) is 5.95. The standard InChI is InChI=1S/C13H24O/c1-3-5-6-7-8-9-10-11-13(4-2)12-14/h4,12H,3,5-11H2,1-2H3/b13-4+. The molecule has 0 aromatic heterocycles. The number of hydrogen-bond acceptors (Lipinski definition) is 1. The van der Waals surface area contributed by atoms with Gasteiger partial charge in [-0.15, -0.1) is 0 Å². The Labute approximate surface area is 88.6 Å². The average Bonchev–Trinajstić information content (AvgIpc) is 2.22. The topological polar surface area (TPSA) is 17.1 Å². The van der Waals surface area contributed by atoms with E-state index in [2.05, 4.69) is 6.92 Å². The van der Waals surface area contributed by atoms with E-state index in [1.807, 2.05) is 13.0 Å². The molecule has 0 amide bonds. The van der Waals surface area contributed by atoms with Crippen LogP contribution in [0.25, 0.3) is 0 Å². The normalized spacial score (nSPS) is 11.7. The van der Waals surface area contributed by atoms with E-state index in [-0.39, 0.29) is 0 Å². The molecular formula is C13H24O. The van der Waals surface area contributed by atoms with Crippen molar-refractivity contribution in [3.63, 3.8) is 0 Å². The molecule has 0 bridgehead atoms. The second-order valence-electron chi connectivity index (χ2n) is 3.85. The van der Waals surface area contributed by atoms with Gasteiger partial charge in [0.15, 0.2) is 0 Å². The summed E-state index contributed by atoms with van der Waals surface area (Å²) in [6.07, 6.45) is 13.1. The van der Waals surface area contributed by atoms with E-state index in [1.165, 1.54) is 44.9 Å². The highest BCUT2D eigenvalue weighted by molar-refractivity contribution is 5.72. The molecule has 1 heteroatoms. The number of unbranched alkanes of at least 4 members (excludes halogenated alkanes) is 6. The van der Waals surface area contributed by atoms with Crippen molar-refractivity contribution in [3.8, 4) is 0 Å². The Bertz CT molecular complexity index is 159. The molecule has 0 heterocycles. The Balaban J connectivity index is 3.17. The molecule has 0 aromatic carbocycles. The predicted molar refractivity (Wildman–Crippen MR) is 62.4 cm³/mol. The number of rotatable bonds is 9. The number of carbonyl (C=O) groups is 1. The fourth-order valence-electron chi connectivity index (χ4n) is 1.56. The molecule has 0 saturated heterocycles. The van der Waals surface area contributed by atoms with Gasteiger partial charge in [-0.3, -0.25) is 4.79 Å². The third-order valence-electron chi connectivity index (χ3n) is 2.59. The van der Waals surface area contributed by atoms with Crippen LogP contribution in [0.1, 0.15) is 65.2 Å². The average molecular weight is 196 g/mol. The van der Waals surface area contributed by atoms with Gasteiger partial charge in [0.05, 0.1) is 0 Å². The van der Waals surface area contributed by atoms with Crippen molar-refractivity contribution in [3.05, 3.63) is 11.6 Å². The first-order chi connectivity index (χ1) is 6.85. The molecule has 0 unspecified atom stereocenters. The van der Waals surface area contributed by atoms with E-state index < -0.39 is 0 Å². The minimum atomic E-state index is 0.957. The SMILES string of the molecule is C/C=C(/C=O)CCCCCCCCC. The molecule has 0 atom stereocenters. The number of allylic oxidation sites excluding steroid dienone is 2. The van der Waals surface area contributed by atoms with Gasteiger partial charge in [0, 0.05) is 0 Å². The highest BCUT2D eigenvalue weighted by atomic mass is 16.1. The summed E-state index contributed by atoms with van der Waals surface area (Å²) in [5.41, 5.74) is 0.957. The van der Waals surface area contributed by atoms with Crippen LogP contribution >= 0.6 is 0 Å².